The van der Waals surface area contributed by atoms with E-state index in [1.807, 2.05) is 0 Å². The van der Waals surface area contributed by atoms with Crippen LogP contribution < -0.4 is 20.7 Å². The monoisotopic (exact) mass is 480 g/mol. The highest BCUT2D eigenvalue weighted by molar-refractivity contribution is 6.10. The van der Waals surface area contributed by atoms with E-state index >= 15 is 0 Å². The highest BCUT2D eigenvalue weighted by atomic mass is 16.5. The number of hydrogen-bond acceptors (Lipinski definition) is 5. The van der Waals surface area contributed by atoms with Gasteiger partial charge in [0.1, 0.15) is 17.8 Å². The molecule has 0 aromatic heterocycles. The minimum absolute atomic E-state index is 0.329. The lowest BCUT2D eigenvalue weighted by Crippen LogP contribution is -2.44. The fraction of sp³-hybridized carbons (Fsp3) is 0.385. The first-order valence-corrected chi connectivity index (χ1v) is 11.8. The van der Waals surface area contributed by atoms with Gasteiger partial charge in [0.2, 0.25) is 5.91 Å². The van der Waals surface area contributed by atoms with Gasteiger partial charge in [-0.15, -0.1) is 0 Å². The van der Waals surface area contributed by atoms with Gasteiger partial charge in [-0.05, 0) is 49.7 Å². The Morgan fingerprint density at radius 3 is 2.40 bits per heavy atom. The van der Waals surface area contributed by atoms with Gasteiger partial charge in [-0.2, -0.15) is 0 Å². The molecule has 1 unspecified atom stereocenters. The summed E-state index contributed by atoms with van der Waals surface area (Å²) in [5.74, 6) is -0.681. The summed E-state index contributed by atoms with van der Waals surface area (Å²) in [4.78, 5) is 51.2. The molecule has 1 aliphatic heterocycles. The molecule has 1 heterocycles. The lowest BCUT2D eigenvalue weighted by atomic mass is 9.94. The van der Waals surface area contributed by atoms with Gasteiger partial charge in [-0.25, -0.2) is 4.79 Å². The maximum Gasteiger partial charge on any atom is 0.325 e. The van der Waals surface area contributed by atoms with Crippen LogP contribution in [0.25, 0.3) is 0 Å². The lowest BCUT2D eigenvalue weighted by molar-refractivity contribution is -0.133. The van der Waals surface area contributed by atoms with Crippen LogP contribution in [0.4, 0.5) is 16.2 Å². The molecule has 0 spiro atoms. The summed E-state index contributed by atoms with van der Waals surface area (Å²) >= 11 is 0. The quantitative estimate of drug-likeness (QED) is 0.330. The summed E-state index contributed by atoms with van der Waals surface area (Å²) < 4.78 is 5.24. The van der Waals surface area contributed by atoms with E-state index < -0.39 is 23.4 Å². The van der Waals surface area contributed by atoms with Gasteiger partial charge in [0.15, 0.2) is 0 Å². The second-order valence-electron chi connectivity index (χ2n) is 8.74. The summed E-state index contributed by atoms with van der Waals surface area (Å²) in [5.41, 5.74) is 0.394. The van der Waals surface area contributed by atoms with Gasteiger partial charge >= 0.3 is 6.03 Å². The molecule has 186 valence electrons. The molecule has 3 rings (SSSR count). The molecule has 5 amide bonds. The number of amides is 5. The summed E-state index contributed by atoms with van der Waals surface area (Å²) in [6.07, 6.45) is 4.51. The Morgan fingerprint density at radius 1 is 1.00 bits per heavy atom. The molecule has 2 aromatic rings. The fourth-order valence-corrected chi connectivity index (χ4v) is 3.96. The summed E-state index contributed by atoms with van der Waals surface area (Å²) in [7, 11) is 1.52. The average Bonchev–Trinajstić information content (AvgIpc) is 3.05. The van der Waals surface area contributed by atoms with Crippen LogP contribution in [0, 0.1) is 0 Å². The molecule has 9 heteroatoms. The largest absolute Gasteiger partial charge is 0.495 e. The molecule has 0 saturated carbocycles. The van der Waals surface area contributed by atoms with Crippen molar-refractivity contribution in [1.82, 2.24) is 10.2 Å². The van der Waals surface area contributed by atoms with Crippen LogP contribution in [-0.2, 0) is 9.59 Å². The van der Waals surface area contributed by atoms with E-state index in [0.717, 1.165) is 30.6 Å². The van der Waals surface area contributed by atoms with Gasteiger partial charge in [0.25, 0.3) is 11.8 Å². The van der Waals surface area contributed by atoms with Gasteiger partial charge in [0, 0.05) is 11.3 Å². The number of carbonyl (C=O) groups is 4. The Bertz CT molecular complexity index is 1090. The van der Waals surface area contributed by atoms with Crippen molar-refractivity contribution in [3.05, 3.63) is 54.1 Å². The Hall–Kier alpha value is -3.88. The minimum atomic E-state index is -0.985. The van der Waals surface area contributed by atoms with E-state index in [-0.39, 0.29) is 12.5 Å². The minimum Gasteiger partial charge on any atom is -0.495 e. The van der Waals surface area contributed by atoms with E-state index in [1.54, 1.807) is 55.5 Å². The fourth-order valence-electron chi connectivity index (χ4n) is 3.96. The first-order valence-electron chi connectivity index (χ1n) is 11.8. The highest BCUT2D eigenvalue weighted by Gasteiger charge is 2.47. The molecule has 0 aliphatic carbocycles. The maximum atomic E-state index is 12.8. The molecule has 0 bridgehead atoms. The smallest absolute Gasteiger partial charge is 0.325 e. The van der Waals surface area contributed by atoms with Crippen LogP contribution in [0.2, 0.25) is 0 Å². The number of urea groups is 1. The third kappa shape index (κ3) is 6.38. The number of hydrogen-bond donors (Lipinski definition) is 3. The second-order valence-corrected chi connectivity index (χ2v) is 8.74. The van der Waals surface area contributed by atoms with Gasteiger partial charge in [-0.3, -0.25) is 19.3 Å². The topological polar surface area (TPSA) is 117 Å². The standard InChI is InChI=1S/C26H32N4O5/c1-4-5-6-9-16-26(2)24(33)30(25(34)29-26)17-22(31)27-19-14-12-18(13-15-19)23(32)28-20-10-7-8-11-21(20)35-3/h7-8,10-15H,4-6,9,16-17H2,1-3H3,(H,27,31)(H,28,32)(H,29,34). The summed E-state index contributed by atoms with van der Waals surface area (Å²) in [5, 5.41) is 8.18. The van der Waals surface area contributed by atoms with Crippen LogP contribution in [0.3, 0.4) is 0 Å². The van der Waals surface area contributed by atoms with Crippen molar-refractivity contribution in [2.45, 2.75) is 51.5 Å². The SMILES string of the molecule is CCCCCCC1(C)NC(=O)N(CC(=O)Nc2ccc(C(=O)Nc3ccccc3OC)cc2)C1=O. The van der Waals surface area contributed by atoms with E-state index in [9.17, 15) is 19.2 Å². The zero-order chi connectivity index (χ0) is 25.4. The molecule has 1 saturated heterocycles. The molecular formula is C26H32N4O5. The van der Waals surface area contributed by atoms with Crippen molar-refractivity contribution in [3.8, 4) is 5.75 Å². The number of rotatable bonds is 11. The predicted molar refractivity (Wildman–Crippen MR) is 133 cm³/mol. The van der Waals surface area contributed by atoms with Crippen molar-refractivity contribution in [2.24, 2.45) is 0 Å². The van der Waals surface area contributed by atoms with Gasteiger partial charge < -0.3 is 20.7 Å². The number of anilines is 2. The molecule has 1 atom stereocenters. The van der Waals surface area contributed by atoms with Crippen LogP contribution >= 0.6 is 0 Å². The Morgan fingerprint density at radius 2 is 1.71 bits per heavy atom. The number of para-hydroxylation sites is 2. The molecule has 1 aliphatic rings. The number of nitrogens with zero attached hydrogens (tertiary/aromatic N) is 1. The Kier molecular flexibility index (Phi) is 8.46. The molecule has 0 radical (unpaired) electrons. The maximum absolute atomic E-state index is 12.8. The second kappa shape index (κ2) is 11.5. The van der Waals surface area contributed by atoms with Crippen molar-refractivity contribution < 1.29 is 23.9 Å². The Balaban J connectivity index is 1.55. The number of nitrogens with one attached hydrogen (secondary N) is 3. The van der Waals surface area contributed by atoms with Crippen LogP contribution in [0.5, 0.6) is 5.75 Å². The first kappa shape index (κ1) is 25.7. The predicted octanol–water partition coefficient (Wildman–Crippen LogP) is 4.17. The molecule has 1 fully saturated rings. The van der Waals surface area contributed by atoms with Crippen molar-refractivity contribution in [1.29, 1.82) is 0 Å². The summed E-state index contributed by atoms with van der Waals surface area (Å²) in [6.45, 7) is 3.42. The lowest BCUT2D eigenvalue weighted by Gasteiger charge is -2.21. The zero-order valence-corrected chi connectivity index (χ0v) is 20.3. The van der Waals surface area contributed by atoms with E-state index in [1.165, 1.54) is 7.11 Å². The van der Waals surface area contributed by atoms with Crippen molar-refractivity contribution >= 4 is 35.1 Å². The number of ether oxygens (including phenoxy) is 1. The molecule has 9 nitrogen and oxygen atoms in total. The number of carbonyl (C=O) groups excluding carboxylic acids is 4. The van der Waals surface area contributed by atoms with Crippen LogP contribution in [0.15, 0.2) is 48.5 Å². The van der Waals surface area contributed by atoms with E-state index in [4.69, 9.17) is 4.74 Å². The third-order valence-electron chi connectivity index (χ3n) is 5.96. The van der Waals surface area contributed by atoms with Crippen LogP contribution in [0.1, 0.15) is 56.3 Å². The molecule has 35 heavy (non-hydrogen) atoms. The van der Waals surface area contributed by atoms with Crippen molar-refractivity contribution in [3.63, 3.8) is 0 Å². The van der Waals surface area contributed by atoms with E-state index in [2.05, 4.69) is 22.9 Å². The number of unbranched alkanes of at least 4 members (excludes halogenated alkanes) is 3. The number of imide groups is 1. The van der Waals surface area contributed by atoms with Crippen LogP contribution in [-0.4, -0.2) is 47.8 Å². The summed E-state index contributed by atoms with van der Waals surface area (Å²) in [6, 6.07) is 12.8. The molecule has 3 N–H and O–H groups in total. The first-order chi connectivity index (χ1) is 16.8. The van der Waals surface area contributed by atoms with E-state index in [0.29, 0.717) is 29.1 Å². The highest BCUT2D eigenvalue weighted by Crippen LogP contribution is 2.25. The number of methoxy groups -OCH3 is 1. The number of benzene rings is 2. The Labute approximate surface area is 205 Å². The normalized spacial score (nSPS) is 17.2. The average molecular weight is 481 g/mol. The third-order valence-corrected chi connectivity index (χ3v) is 5.96. The molecule has 2 aromatic carbocycles. The van der Waals surface area contributed by atoms with Gasteiger partial charge in [0.05, 0.1) is 12.8 Å². The zero-order valence-electron chi connectivity index (χ0n) is 20.3. The molecular weight excluding hydrogens is 448 g/mol. The van der Waals surface area contributed by atoms with Crippen molar-refractivity contribution in [2.75, 3.05) is 24.3 Å². The van der Waals surface area contributed by atoms with Gasteiger partial charge in [-0.1, -0.05) is 44.7 Å².